The Morgan fingerprint density at radius 1 is 1.65 bits per heavy atom. The Labute approximate surface area is 99.2 Å². The molecule has 6 heteroatoms. The first-order valence-corrected chi connectivity index (χ1v) is 5.48. The van der Waals surface area contributed by atoms with Gasteiger partial charge in [0.25, 0.3) is 0 Å². The summed E-state index contributed by atoms with van der Waals surface area (Å²) in [6.45, 7) is 1.67. The lowest BCUT2D eigenvalue weighted by Gasteiger charge is -2.16. The van der Waals surface area contributed by atoms with Crippen LogP contribution in [0.4, 0.5) is 5.82 Å². The van der Waals surface area contributed by atoms with Crippen LogP contribution >= 0.6 is 0 Å². The SMILES string of the molecule is COCc1cc(N2CCC(C(=O)O)C2)ncn1. The molecule has 1 aliphatic rings. The molecule has 0 radical (unpaired) electrons. The average molecular weight is 237 g/mol. The molecule has 2 heterocycles. The molecule has 0 amide bonds. The average Bonchev–Trinajstić information content (AvgIpc) is 2.79. The lowest BCUT2D eigenvalue weighted by Crippen LogP contribution is -2.23. The van der Waals surface area contributed by atoms with Crippen molar-refractivity contribution in [3.05, 3.63) is 18.1 Å². The summed E-state index contributed by atoms with van der Waals surface area (Å²) in [5.41, 5.74) is 0.802. The summed E-state index contributed by atoms with van der Waals surface area (Å²) < 4.78 is 5.00. The van der Waals surface area contributed by atoms with Crippen molar-refractivity contribution in [2.75, 3.05) is 25.1 Å². The molecule has 17 heavy (non-hydrogen) atoms. The molecular formula is C11H15N3O3. The van der Waals surface area contributed by atoms with Crippen LogP contribution in [-0.4, -0.2) is 41.2 Å². The summed E-state index contributed by atoms with van der Waals surface area (Å²) in [5, 5.41) is 8.94. The van der Waals surface area contributed by atoms with Crippen molar-refractivity contribution in [3.8, 4) is 0 Å². The quantitative estimate of drug-likeness (QED) is 0.823. The van der Waals surface area contributed by atoms with Crippen molar-refractivity contribution in [2.45, 2.75) is 13.0 Å². The lowest BCUT2D eigenvalue weighted by molar-refractivity contribution is -0.140. The molecule has 0 aliphatic carbocycles. The van der Waals surface area contributed by atoms with Gasteiger partial charge in [0.05, 0.1) is 18.2 Å². The molecule has 0 bridgehead atoms. The molecular weight excluding hydrogens is 222 g/mol. The maximum atomic E-state index is 10.9. The predicted molar refractivity (Wildman–Crippen MR) is 60.7 cm³/mol. The van der Waals surface area contributed by atoms with E-state index in [1.54, 1.807) is 7.11 Å². The number of hydrogen-bond acceptors (Lipinski definition) is 5. The number of nitrogens with zero attached hydrogens (tertiary/aromatic N) is 3. The monoisotopic (exact) mass is 237 g/mol. The molecule has 1 aromatic heterocycles. The van der Waals surface area contributed by atoms with Crippen LogP contribution in [0.3, 0.4) is 0 Å². The number of ether oxygens (including phenoxy) is 1. The number of aliphatic carboxylic acids is 1. The fourth-order valence-corrected chi connectivity index (χ4v) is 1.96. The maximum Gasteiger partial charge on any atom is 0.308 e. The largest absolute Gasteiger partial charge is 0.481 e. The molecule has 92 valence electrons. The minimum absolute atomic E-state index is 0.296. The van der Waals surface area contributed by atoms with Crippen LogP contribution in [0.1, 0.15) is 12.1 Å². The van der Waals surface area contributed by atoms with Crippen LogP contribution in [0.2, 0.25) is 0 Å². The van der Waals surface area contributed by atoms with Gasteiger partial charge in [0.2, 0.25) is 0 Å². The first-order valence-electron chi connectivity index (χ1n) is 5.48. The third-order valence-electron chi connectivity index (χ3n) is 2.86. The third kappa shape index (κ3) is 2.71. The summed E-state index contributed by atoms with van der Waals surface area (Å²) in [4.78, 5) is 21.1. The Balaban J connectivity index is 2.08. The number of hydrogen-bond donors (Lipinski definition) is 1. The smallest absolute Gasteiger partial charge is 0.308 e. The van der Waals surface area contributed by atoms with Crippen LogP contribution in [0, 0.1) is 5.92 Å². The van der Waals surface area contributed by atoms with Crippen LogP contribution < -0.4 is 4.90 Å². The fraction of sp³-hybridized carbons (Fsp3) is 0.545. The molecule has 1 aliphatic heterocycles. The van der Waals surface area contributed by atoms with Gasteiger partial charge in [-0.1, -0.05) is 0 Å². The van der Waals surface area contributed by atoms with Crippen molar-refractivity contribution < 1.29 is 14.6 Å². The van der Waals surface area contributed by atoms with Crippen molar-refractivity contribution in [2.24, 2.45) is 5.92 Å². The van der Waals surface area contributed by atoms with Gasteiger partial charge in [0.15, 0.2) is 0 Å². The minimum atomic E-state index is -0.737. The second-order valence-corrected chi connectivity index (χ2v) is 4.07. The van der Waals surface area contributed by atoms with Crippen LogP contribution in [0.25, 0.3) is 0 Å². The third-order valence-corrected chi connectivity index (χ3v) is 2.86. The van der Waals surface area contributed by atoms with Crippen LogP contribution in [0.15, 0.2) is 12.4 Å². The first kappa shape index (κ1) is 11.8. The van der Waals surface area contributed by atoms with E-state index >= 15 is 0 Å². The number of carboxylic acid groups (broad SMARTS) is 1. The van der Waals surface area contributed by atoms with E-state index in [1.165, 1.54) is 6.33 Å². The number of methoxy groups -OCH3 is 1. The van der Waals surface area contributed by atoms with E-state index in [1.807, 2.05) is 11.0 Å². The normalized spacial score (nSPS) is 19.6. The van der Waals surface area contributed by atoms with Crippen molar-refractivity contribution >= 4 is 11.8 Å². The molecule has 1 N–H and O–H groups in total. The molecule has 0 saturated carbocycles. The van der Waals surface area contributed by atoms with E-state index in [0.29, 0.717) is 19.6 Å². The Hall–Kier alpha value is -1.69. The number of anilines is 1. The topological polar surface area (TPSA) is 75.5 Å². The van der Waals surface area contributed by atoms with Gasteiger partial charge in [-0.25, -0.2) is 9.97 Å². The van der Waals surface area contributed by atoms with Gasteiger partial charge in [-0.3, -0.25) is 4.79 Å². The number of aromatic nitrogens is 2. The molecule has 6 nitrogen and oxygen atoms in total. The molecule has 1 atom stereocenters. The number of carboxylic acids is 1. The lowest BCUT2D eigenvalue weighted by atomic mass is 10.1. The Morgan fingerprint density at radius 2 is 2.47 bits per heavy atom. The Morgan fingerprint density at radius 3 is 3.12 bits per heavy atom. The maximum absolute atomic E-state index is 10.9. The standard InChI is InChI=1S/C11H15N3O3/c1-17-6-9-4-10(13-7-12-9)14-3-2-8(5-14)11(15)16/h4,7-8H,2-3,5-6H2,1H3,(H,15,16). The van der Waals surface area contributed by atoms with Gasteiger partial charge in [-0.2, -0.15) is 0 Å². The summed E-state index contributed by atoms with van der Waals surface area (Å²) in [7, 11) is 1.61. The molecule has 2 rings (SSSR count). The van der Waals surface area contributed by atoms with E-state index in [9.17, 15) is 4.79 Å². The second-order valence-electron chi connectivity index (χ2n) is 4.07. The van der Waals surface area contributed by atoms with Gasteiger partial charge < -0.3 is 14.7 Å². The highest BCUT2D eigenvalue weighted by molar-refractivity contribution is 5.71. The summed E-state index contributed by atoms with van der Waals surface area (Å²) >= 11 is 0. The Bertz CT molecular complexity index is 411. The highest BCUT2D eigenvalue weighted by atomic mass is 16.5. The van der Waals surface area contributed by atoms with E-state index < -0.39 is 5.97 Å². The zero-order valence-corrected chi connectivity index (χ0v) is 9.67. The highest BCUT2D eigenvalue weighted by Crippen LogP contribution is 2.22. The zero-order valence-electron chi connectivity index (χ0n) is 9.67. The molecule has 0 aromatic carbocycles. The number of rotatable bonds is 4. The summed E-state index contributed by atoms with van der Waals surface area (Å²) in [5.74, 6) is -0.259. The summed E-state index contributed by atoms with van der Waals surface area (Å²) in [6.07, 6.45) is 2.15. The van der Waals surface area contributed by atoms with Crippen molar-refractivity contribution in [3.63, 3.8) is 0 Å². The van der Waals surface area contributed by atoms with E-state index in [4.69, 9.17) is 9.84 Å². The van der Waals surface area contributed by atoms with Gasteiger partial charge >= 0.3 is 5.97 Å². The zero-order chi connectivity index (χ0) is 12.3. The number of carbonyl (C=O) groups is 1. The molecule has 1 unspecified atom stereocenters. The molecule has 1 fully saturated rings. The van der Waals surface area contributed by atoms with E-state index in [0.717, 1.165) is 18.1 Å². The second kappa shape index (κ2) is 5.09. The van der Waals surface area contributed by atoms with Crippen LogP contribution in [0.5, 0.6) is 0 Å². The van der Waals surface area contributed by atoms with Gasteiger partial charge in [-0.05, 0) is 6.42 Å². The summed E-state index contributed by atoms with van der Waals surface area (Å²) in [6, 6.07) is 1.84. The van der Waals surface area contributed by atoms with E-state index in [2.05, 4.69) is 9.97 Å². The fourth-order valence-electron chi connectivity index (χ4n) is 1.96. The van der Waals surface area contributed by atoms with E-state index in [-0.39, 0.29) is 5.92 Å². The highest BCUT2D eigenvalue weighted by Gasteiger charge is 2.28. The Kier molecular flexibility index (Phi) is 3.53. The molecule has 0 spiro atoms. The van der Waals surface area contributed by atoms with Crippen molar-refractivity contribution in [1.29, 1.82) is 0 Å². The van der Waals surface area contributed by atoms with Gasteiger partial charge in [0, 0.05) is 26.3 Å². The predicted octanol–water partition coefficient (Wildman–Crippen LogP) is 0.534. The van der Waals surface area contributed by atoms with Crippen molar-refractivity contribution in [1.82, 2.24) is 9.97 Å². The minimum Gasteiger partial charge on any atom is -0.481 e. The molecule has 1 aromatic rings. The first-order chi connectivity index (χ1) is 8.20. The van der Waals surface area contributed by atoms with Gasteiger partial charge in [-0.15, -0.1) is 0 Å². The van der Waals surface area contributed by atoms with Crippen LogP contribution in [-0.2, 0) is 16.1 Å². The molecule has 1 saturated heterocycles. The van der Waals surface area contributed by atoms with Gasteiger partial charge in [0.1, 0.15) is 12.1 Å².